The van der Waals surface area contributed by atoms with Crippen molar-refractivity contribution in [1.29, 1.82) is 0 Å². The number of hydrogen-bond acceptors (Lipinski definition) is 0. The molecule has 0 aliphatic heterocycles. The molecule has 21 heavy (non-hydrogen) atoms. The Bertz CT molecular complexity index is 615. The first-order valence-electron chi connectivity index (χ1n) is 7.35. The average molecular weight is 388 g/mol. The maximum atomic E-state index is 3.25. The van der Waals surface area contributed by atoms with E-state index in [0.29, 0.717) is 0 Å². The quantitative estimate of drug-likeness (QED) is 0.384. The van der Waals surface area contributed by atoms with E-state index >= 15 is 0 Å². The van der Waals surface area contributed by atoms with Crippen LogP contribution in [0.3, 0.4) is 0 Å². The van der Waals surface area contributed by atoms with E-state index in [2.05, 4.69) is 67.3 Å². The van der Waals surface area contributed by atoms with Gasteiger partial charge >= 0.3 is 138 Å². The molecule has 2 rings (SSSR count). The Morgan fingerprint density at radius 3 is 2.33 bits per heavy atom. The Labute approximate surface area is 138 Å². The summed E-state index contributed by atoms with van der Waals surface area (Å²) in [5.74, 6) is 6.48. The zero-order chi connectivity index (χ0) is 14.8. The van der Waals surface area contributed by atoms with Gasteiger partial charge in [0, 0.05) is 0 Å². The maximum absolute atomic E-state index is 3.25. The molecule has 0 atom stereocenters. The van der Waals surface area contributed by atoms with Crippen molar-refractivity contribution in [3.8, 4) is 11.8 Å². The molecule has 106 valence electrons. The Morgan fingerprint density at radius 1 is 1.00 bits per heavy atom. The van der Waals surface area contributed by atoms with Gasteiger partial charge in [-0.3, -0.25) is 0 Å². The summed E-state index contributed by atoms with van der Waals surface area (Å²) in [6, 6.07) is 20.9. The minimum absolute atomic E-state index is 0.141. The van der Waals surface area contributed by atoms with Gasteiger partial charge in [-0.15, -0.1) is 0 Å². The van der Waals surface area contributed by atoms with Gasteiger partial charge in [-0.25, -0.2) is 0 Å². The zero-order valence-electron chi connectivity index (χ0n) is 12.4. The Balaban J connectivity index is 2.15. The summed E-state index contributed by atoms with van der Waals surface area (Å²) in [7, 11) is 0. The van der Waals surface area contributed by atoms with Crippen LogP contribution in [0, 0.1) is 11.8 Å². The molecule has 0 saturated carbocycles. The standard InChI is InChI=1S/C20H20Te/c1-2-3-17-21-20(19-14-8-5-9-15-19)16-10-13-18-11-6-4-7-12-18/h4-9,11-12,14-16H,2-3,17H2,1H3/b20-16-. The van der Waals surface area contributed by atoms with Crippen LogP contribution in [0.5, 0.6) is 0 Å². The van der Waals surface area contributed by atoms with Crippen LogP contribution in [-0.4, -0.2) is 20.9 Å². The monoisotopic (exact) mass is 390 g/mol. The number of allylic oxidation sites excluding steroid dienone is 1. The molecular formula is C20H20Te. The van der Waals surface area contributed by atoms with E-state index in [1.807, 2.05) is 18.2 Å². The van der Waals surface area contributed by atoms with E-state index in [0.717, 1.165) is 5.56 Å². The van der Waals surface area contributed by atoms with Crippen molar-refractivity contribution < 1.29 is 0 Å². The number of rotatable bonds is 5. The third kappa shape index (κ3) is 5.81. The van der Waals surface area contributed by atoms with Crippen molar-refractivity contribution in [1.82, 2.24) is 0 Å². The zero-order valence-corrected chi connectivity index (χ0v) is 14.7. The van der Waals surface area contributed by atoms with Crippen LogP contribution in [-0.2, 0) is 0 Å². The van der Waals surface area contributed by atoms with Crippen molar-refractivity contribution >= 4 is 24.5 Å². The first kappa shape index (κ1) is 15.9. The fourth-order valence-corrected chi connectivity index (χ4v) is 4.98. The molecule has 0 bridgehead atoms. The Hall–Kier alpha value is -1.47. The first-order valence-corrected chi connectivity index (χ1v) is 10.2. The van der Waals surface area contributed by atoms with Crippen molar-refractivity contribution in [2.75, 3.05) is 0 Å². The van der Waals surface area contributed by atoms with E-state index in [9.17, 15) is 0 Å². The van der Waals surface area contributed by atoms with Gasteiger partial charge in [0.15, 0.2) is 0 Å². The second kappa shape index (κ2) is 9.46. The molecule has 0 fully saturated rings. The number of unbranched alkanes of at least 4 members (excludes halogenated alkanes) is 1. The number of benzene rings is 2. The molecule has 0 amide bonds. The van der Waals surface area contributed by atoms with Gasteiger partial charge < -0.3 is 0 Å². The SMILES string of the molecule is CCCC[Te]/C(=C\C#Cc1ccccc1)c1ccccc1. The van der Waals surface area contributed by atoms with Crippen LogP contribution in [0.2, 0.25) is 4.47 Å². The van der Waals surface area contributed by atoms with Crippen LogP contribution in [0.25, 0.3) is 3.62 Å². The van der Waals surface area contributed by atoms with E-state index in [4.69, 9.17) is 0 Å². The average Bonchev–Trinajstić information content (AvgIpc) is 2.55. The van der Waals surface area contributed by atoms with E-state index < -0.39 is 0 Å². The van der Waals surface area contributed by atoms with Gasteiger partial charge in [-0.2, -0.15) is 0 Å². The fraction of sp³-hybridized carbons (Fsp3) is 0.200. The molecule has 0 aliphatic rings. The molecule has 0 nitrogen and oxygen atoms in total. The van der Waals surface area contributed by atoms with Crippen LogP contribution in [0.1, 0.15) is 30.9 Å². The van der Waals surface area contributed by atoms with E-state index in [1.165, 1.54) is 26.5 Å². The summed E-state index contributed by atoms with van der Waals surface area (Å²) < 4.78 is 2.83. The van der Waals surface area contributed by atoms with Crippen molar-refractivity contribution in [2.24, 2.45) is 0 Å². The number of hydrogen-bond donors (Lipinski definition) is 0. The van der Waals surface area contributed by atoms with Crippen LogP contribution < -0.4 is 0 Å². The topological polar surface area (TPSA) is 0 Å². The molecule has 0 aliphatic carbocycles. The summed E-state index contributed by atoms with van der Waals surface area (Å²) in [4.78, 5) is 0. The van der Waals surface area contributed by atoms with Gasteiger partial charge in [-0.05, 0) is 0 Å². The van der Waals surface area contributed by atoms with Gasteiger partial charge in [-0.1, -0.05) is 0 Å². The van der Waals surface area contributed by atoms with Crippen molar-refractivity contribution in [3.63, 3.8) is 0 Å². The third-order valence-corrected chi connectivity index (χ3v) is 6.31. The molecule has 0 aromatic heterocycles. The van der Waals surface area contributed by atoms with Gasteiger partial charge in [0.05, 0.1) is 0 Å². The summed E-state index contributed by atoms with van der Waals surface area (Å²) in [5, 5.41) is 0. The summed E-state index contributed by atoms with van der Waals surface area (Å²) in [6.07, 6.45) is 4.75. The molecule has 2 aromatic carbocycles. The molecule has 2 aromatic rings. The van der Waals surface area contributed by atoms with Crippen LogP contribution in [0.4, 0.5) is 0 Å². The molecule has 0 N–H and O–H groups in total. The fourth-order valence-electron chi connectivity index (χ4n) is 1.84. The molecular weight excluding hydrogens is 368 g/mol. The van der Waals surface area contributed by atoms with E-state index in [1.54, 1.807) is 0 Å². The molecule has 0 unspecified atom stereocenters. The summed E-state index contributed by atoms with van der Waals surface area (Å²) >= 11 is -0.141. The summed E-state index contributed by atoms with van der Waals surface area (Å²) in [6.45, 7) is 2.26. The first-order chi connectivity index (χ1) is 10.4. The minimum atomic E-state index is -0.141. The third-order valence-electron chi connectivity index (χ3n) is 3.01. The van der Waals surface area contributed by atoms with Crippen molar-refractivity contribution in [2.45, 2.75) is 24.2 Å². The van der Waals surface area contributed by atoms with Gasteiger partial charge in [0.2, 0.25) is 0 Å². The second-order valence-corrected chi connectivity index (χ2v) is 7.96. The Morgan fingerprint density at radius 2 is 1.67 bits per heavy atom. The van der Waals surface area contributed by atoms with Gasteiger partial charge in [0.1, 0.15) is 0 Å². The predicted octanol–water partition coefficient (Wildman–Crippen LogP) is 5.00. The molecule has 0 radical (unpaired) electrons. The predicted molar refractivity (Wildman–Crippen MR) is 93.2 cm³/mol. The molecule has 1 heteroatoms. The van der Waals surface area contributed by atoms with Crippen molar-refractivity contribution in [3.05, 3.63) is 77.9 Å². The second-order valence-electron chi connectivity index (χ2n) is 4.71. The molecule has 0 heterocycles. The van der Waals surface area contributed by atoms with Gasteiger partial charge in [0.25, 0.3) is 0 Å². The molecule has 0 saturated heterocycles. The Kier molecular flexibility index (Phi) is 7.17. The normalized spacial score (nSPS) is 10.8. The van der Waals surface area contributed by atoms with E-state index in [-0.39, 0.29) is 20.9 Å². The molecule has 0 spiro atoms. The van der Waals surface area contributed by atoms with Crippen LogP contribution in [0.15, 0.2) is 66.7 Å². The summed E-state index contributed by atoms with van der Waals surface area (Å²) in [5.41, 5.74) is 2.42. The van der Waals surface area contributed by atoms with Crippen LogP contribution >= 0.6 is 0 Å².